The SMILES string of the molecule is CCCN(CC1CCNCC1)C1CC1. The number of hydrogen-bond acceptors (Lipinski definition) is 2. The molecule has 2 aliphatic rings. The Balaban J connectivity index is 1.73. The molecule has 0 radical (unpaired) electrons. The fourth-order valence-electron chi connectivity index (χ4n) is 2.55. The van der Waals surface area contributed by atoms with Gasteiger partial charge in [0.1, 0.15) is 0 Å². The summed E-state index contributed by atoms with van der Waals surface area (Å²) in [6.45, 7) is 7.50. The molecule has 2 nitrogen and oxygen atoms in total. The Morgan fingerprint density at radius 1 is 1.14 bits per heavy atom. The molecule has 0 aromatic rings. The van der Waals surface area contributed by atoms with E-state index in [9.17, 15) is 0 Å². The van der Waals surface area contributed by atoms with E-state index in [1.807, 2.05) is 0 Å². The van der Waals surface area contributed by atoms with E-state index in [2.05, 4.69) is 17.1 Å². The van der Waals surface area contributed by atoms with E-state index in [-0.39, 0.29) is 0 Å². The molecular weight excluding hydrogens is 172 g/mol. The molecule has 0 atom stereocenters. The van der Waals surface area contributed by atoms with Crippen molar-refractivity contribution in [3.05, 3.63) is 0 Å². The lowest BCUT2D eigenvalue weighted by Crippen LogP contribution is -2.37. The van der Waals surface area contributed by atoms with Gasteiger partial charge in [0.25, 0.3) is 0 Å². The maximum absolute atomic E-state index is 3.45. The Morgan fingerprint density at radius 2 is 1.86 bits per heavy atom. The van der Waals surface area contributed by atoms with Crippen LogP contribution in [0.15, 0.2) is 0 Å². The quantitative estimate of drug-likeness (QED) is 0.722. The van der Waals surface area contributed by atoms with Crippen molar-refractivity contribution in [1.29, 1.82) is 0 Å². The van der Waals surface area contributed by atoms with Gasteiger partial charge in [0, 0.05) is 12.6 Å². The second kappa shape index (κ2) is 5.13. The summed E-state index contributed by atoms with van der Waals surface area (Å²) in [5.41, 5.74) is 0. The fraction of sp³-hybridized carbons (Fsp3) is 1.00. The van der Waals surface area contributed by atoms with Crippen LogP contribution in [-0.2, 0) is 0 Å². The maximum atomic E-state index is 3.45. The zero-order valence-corrected chi connectivity index (χ0v) is 9.47. The highest BCUT2D eigenvalue weighted by Gasteiger charge is 2.29. The topological polar surface area (TPSA) is 15.3 Å². The normalized spacial score (nSPS) is 24.4. The lowest BCUT2D eigenvalue weighted by Gasteiger charge is -2.29. The highest BCUT2D eigenvalue weighted by Crippen LogP contribution is 2.28. The molecule has 1 saturated heterocycles. The van der Waals surface area contributed by atoms with E-state index < -0.39 is 0 Å². The zero-order chi connectivity index (χ0) is 9.80. The van der Waals surface area contributed by atoms with Crippen LogP contribution in [0.1, 0.15) is 39.0 Å². The van der Waals surface area contributed by atoms with Gasteiger partial charge in [-0.3, -0.25) is 0 Å². The van der Waals surface area contributed by atoms with Crippen LogP contribution in [-0.4, -0.2) is 37.1 Å². The molecule has 0 spiro atoms. The van der Waals surface area contributed by atoms with Crippen molar-refractivity contribution < 1.29 is 0 Å². The second-order valence-electron chi connectivity index (χ2n) is 4.92. The summed E-state index contributed by atoms with van der Waals surface area (Å²) < 4.78 is 0. The van der Waals surface area contributed by atoms with Crippen LogP contribution in [0.2, 0.25) is 0 Å². The Kier molecular flexibility index (Phi) is 3.82. The summed E-state index contributed by atoms with van der Waals surface area (Å²) in [7, 11) is 0. The smallest absolute Gasteiger partial charge is 0.00965 e. The summed E-state index contributed by atoms with van der Waals surface area (Å²) in [6, 6.07) is 0.963. The maximum Gasteiger partial charge on any atom is 0.00965 e. The standard InChI is InChI=1S/C12H24N2/c1-2-9-14(12-3-4-12)10-11-5-7-13-8-6-11/h11-13H,2-10H2,1H3. The Morgan fingerprint density at radius 3 is 2.43 bits per heavy atom. The largest absolute Gasteiger partial charge is 0.317 e. The third-order valence-corrected chi connectivity index (χ3v) is 3.53. The molecule has 1 aliphatic carbocycles. The van der Waals surface area contributed by atoms with Crippen molar-refractivity contribution in [2.45, 2.75) is 45.1 Å². The van der Waals surface area contributed by atoms with Gasteiger partial charge in [0.15, 0.2) is 0 Å². The molecule has 0 aromatic heterocycles. The Bertz CT molecular complexity index is 160. The van der Waals surface area contributed by atoms with E-state index in [1.165, 1.54) is 58.3 Å². The second-order valence-corrected chi connectivity index (χ2v) is 4.92. The summed E-state index contributed by atoms with van der Waals surface area (Å²) in [6.07, 6.45) is 7.04. The molecule has 82 valence electrons. The van der Waals surface area contributed by atoms with Gasteiger partial charge in [0.05, 0.1) is 0 Å². The Hall–Kier alpha value is -0.0800. The summed E-state index contributed by atoms with van der Waals surface area (Å²) in [5, 5.41) is 3.45. The van der Waals surface area contributed by atoms with Crippen LogP contribution in [0.3, 0.4) is 0 Å². The molecule has 2 fully saturated rings. The molecule has 0 aromatic carbocycles. The van der Waals surface area contributed by atoms with Gasteiger partial charge in [-0.1, -0.05) is 6.92 Å². The van der Waals surface area contributed by atoms with Crippen LogP contribution in [0.5, 0.6) is 0 Å². The minimum atomic E-state index is 0.963. The third kappa shape index (κ3) is 2.96. The zero-order valence-electron chi connectivity index (χ0n) is 9.47. The molecule has 14 heavy (non-hydrogen) atoms. The van der Waals surface area contributed by atoms with Gasteiger partial charge in [0.2, 0.25) is 0 Å². The van der Waals surface area contributed by atoms with Gasteiger partial charge in [-0.15, -0.1) is 0 Å². The first kappa shape index (κ1) is 10.4. The third-order valence-electron chi connectivity index (χ3n) is 3.53. The molecule has 1 N–H and O–H groups in total. The first-order valence-electron chi connectivity index (χ1n) is 6.35. The average molecular weight is 196 g/mol. The van der Waals surface area contributed by atoms with Crippen molar-refractivity contribution in [2.75, 3.05) is 26.2 Å². The average Bonchev–Trinajstić information content (AvgIpc) is 3.02. The predicted molar refractivity (Wildman–Crippen MR) is 60.5 cm³/mol. The molecule has 0 bridgehead atoms. The van der Waals surface area contributed by atoms with Crippen molar-refractivity contribution in [3.8, 4) is 0 Å². The van der Waals surface area contributed by atoms with Crippen molar-refractivity contribution in [2.24, 2.45) is 5.92 Å². The first-order chi connectivity index (χ1) is 6.90. The van der Waals surface area contributed by atoms with Crippen molar-refractivity contribution >= 4 is 0 Å². The van der Waals surface area contributed by atoms with E-state index in [1.54, 1.807) is 0 Å². The van der Waals surface area contributed by atoms with E-state index in [4.69, 9.17) is 0 Å². The number of piperidine rings is 1. The summed E-state index contributed by atoms with van der Waals surface area (Å²) in [4.78, 5) is 2.75. The van der Waals surface area contributed by atoms with Gasteiger partial charge in [-0.05, 0) is 57.7 Å². The van der Waals surface area contributed by atoms with Gasteiger partial charge in [-0.25, -0.2) is 0 Å². The van der Waals surface area contributed by atoms with Crippen LogP contribution in [0.25, 0.3) is 0 Å². The highest BCUT2D eigenvalue weighted by molar-refractivity contribution is 4.86. The minimum Gasteiger partial charge on any atom is -0.317 e. The molecule has 2 heteroatoms. The number of hydrogen-bond donors (Lipinski definition) is 1. The number of nitrogens with zero attached hydrogens (tertiary/aromatic N) is 1. The van der Waals surface area contributed by atoms with Crippen LogP contribution >= 0.6 is 0 Å². The monoisotopic (exact) mass is 196 g/mol. The van der Waals surface area contributed by atoms with Gasteiger partial charge >= 0.3 is 0 Å². The van der Waals surface area contributed by atoms with Crippen molar-refractivity contribution in [3.63, 3.8) is 0 Å². The molecule has 2 rings (SSSR count). The molecular formula is C12H24N2. The number of rotatable bonds is 5. The molecule has 1 heterocycles. The van der Waals surface area contributed by atoms with Gasteiger partial charge < -0.3 is 10.2 Å². The van der Waals surface area contributed by atoms with Crippen molar-refractivity contribution in [1.82, 2.24) is 10.2 Å². The first-order valence-corrected chi connectivity index (χ1v) is 6.35. The Labute approximate surface area is 88.1 Å². The van der Waals surface area contributed by atoms with Crippen LogP contribution in [0, 0.1) is 5.92 Å². The lowest BCUT2D eigenvalue weighted by atomic mass is 9.97. The van der Waals surface area contributed by atoms with Gasteiger partial charge in [-0.2, -0.15) is 0 Å². The molecule has 1 saturated carbocycles. The predicted octanol–water partition coefficient (Wildman–Crippen LogP) is 1.86. The van der Waals surface area contributed by atoms with E-state index in [0.29, 0.717) is 0 Å². The molecule has 0 unspecified atom stereocenters. The highest BCUT2D eigenvalue weighted by atomic mass is 15.2. The van der Waals surface area contributed by atoms with E-state index >= 15 is 0 Å². The lowest BCUT2D eigenvalue weighted by molar-refractivity contribution is 0.197. The van der Waals surface area contributed by atoms with Crippen LogP contribution in [0.4, 0.5) is 0 Å². The minimum absolute atomic E-state index is 0.963. The van der Waals surface area contributed by atoms with Crippen LogP contribution < -0.4 is 5.32 Å². The number of nitrogens with one attached hydrogen (secondary N) is 1. The fourth-order valence-corrected chi connectivity index (χ4v) is 2.55. The summed E-state index contributed by atoms with van der Waals surface area (Å²) in [5.74, 6) is 0.975. The molecule has 1 aliphatic heterocycles. The summed E-state index contributed by atoms with van der Waals surface area (Å²) >= 11 is 0. The van der Waals surface area contributed by atoms with E-state index in [0.717, 1.165) is 12.0 Å². The molecule has 0 amide bonds.